The van der Waals surface area contributed by atoms with Gasteiger partial charge in [0.1, 0.15) is 5.60 Å². The Bertz CT molecular complexity index is 1550. The Balaban J connectivity index is 1.32. The second-order valence-corrected chi connectivity index (χ2v) is 17.2. The molecule has 7 rings (SSSR count). The van der Waals surface area contributed by atoms with Gasteiger partial charge in [-0.25, -0.2) is 13.2 Å². The molecule has 2 N–H and O–H groups in total. The van der Waals surface area contributed by atoms with Crippen molar-refractivity contribution in [2.45, 2.75) is 125 Å². The number of halogens is 3. The molecule has 7 atom stereocenters. The summed E-state index contributed by atoms with van der Waals surface area (Å²) in [6, 6.07) is 16.2. The zero-order valence-electron chi connectivity index (χ0n) is 28.2. The highest BCUT2D eigenvalue weighted by Gasteiger charge is 2.74. The van der Waals surface area contributed by atoms with Gasteiger partial charge in [0.05, 0.1) is 18.8 Å². The Morgan fingerprint density at radius 1 is 0.830 bits per heavy atom. The van der Waals surface area contributed by atoms with Crippen molar-refractivity contribution in [3.05, 3.63) is 65.2 Å². The van der Waals surface area contributed by atoms with Crippen molar-refractivity contribution in [2.24, 2.45) is 22.7 Å². The smallest absolute Gasteiger partial charge is 0.281 e. The standard InChI is InChI=1S/C39H49F3O4S/c1-33(2)22-45-38(46-23-33)18-15-31-32-28(14-17-37(31,43)21-38)30-16-19-39(44,35(4,40)36(5,41)42)34(30,3)20-29(32)26-8-6-24(7-9-26)25-10-12-27(47)13-11-25/h6-13,28-30,43-44,47H,14-23H2,1-5H3/t28?,29-,30?,34+,35?,37-,39+/m1/s1. The summed E-state index contributed by atoms with van der Waals surface area (Å²) in [6.07, 6.45) is 3.45. The molecule has 0 aromatic heterocycles. The van der Waals surface area contributed by atoms with Crippen LogP contribution in [0.3, 0.4) is 0 Å². The molecule has 1 aliphatic heterocycles. The van der Waals surface area contributed by atoms with E-state index >= 15 is 4.39 Å². The molecule has 3 unspecified atom stereocenters. The lowest BCUT2D eigenvalue weighted by Gasteiger charge is -2.60. The summed E-state index contributed by atoms with van der Waals surface area (Å²) in [5.74, 6) is -5.08. The quantitative estimate of drug-likeness (QED) is 0.225. The molecule has 2 aromatic carbocycles. The first-order valence-corrected chi connectivity index (χ1v) is 17.7. The lowest BCUT2D eigenvalue weighted by Crippen LogP contribution is -2.66. The maximum atomic E-state index is 16.4. The highest BCUT2D eigenvalue weighted by Crippen LogP contribution is 2.71. The van der Waals surface area contributed by atoms with Gasteiger partial charge in [0.15, 0.2) is 11.5 Å². The number of hydrogen-bond acceptors (Lipinski definition) is 5. The van der Waals surface area contributed by atoms with Crippen LogP contribution in [0.5, 0.6) is 0 Å². The van der Waals surface area contributed by atoms with E-state index in [1.165, 1.54) is 0 Å². The van der Waals surface area contributed by atoms with Crippen molar-refractivity contribution >= 4 is 12.6 Å². The van der Waals surface area contributed by atoms with Gasteiger partial charge in [-0.05, 0) is 91.7 Å². The third-order valence-corrected chi connectivity index (χ3v) is 13.4. The average Bonchev–Trinajstić information content (AvgIpc) is 3.29. The van der Waals surface area contributed by atoms with Crippen LogP contribution in [0.25, 0.3) is 11.1 Å². The summed E-state index contributed by atoms with van der Waals surface area (Å²) < 4.78 is 59.2. The van der Waals surface area contributed by atoms with E-state index in [0.717, 1.165) is 39.7 Å². The predicted molar refractivity (Wildman–Crippen MR) is 179 cm³/mol. The molecule has 3 saturated carbocycles. The fraction of sp³-hybridized carbons (Fsp3) is 0.641. The first-order valence-electron chi connectivity index (χ1n) is 17.3. The SMILES string of the molecule is CC1(C)COC2(CCC3=C4C(CC[C@@]3(O)C2)C2CC[C@@](O)(C(C)(F)C(C)(F)F)[C@@]2(C)C[C@@H]4c2ccc(-c3ccc(S)cc3)cc2)OC1. The van der Waals surface area contributed by atoms with E-state index in [0.29, 0.717) is 65.1 Å². The van der Waals surface area contributed by atoms with E-state index < -0.39 is 34.0 Å². The van der Waals surface area contributed by atoms with E-state index in [1.807, 2.05) is 31.2 Å². The molecule has 47 heavy (non-hydrogen) atoms. The van der Waals surface area contributed by atoms with E-state index in [2.05, 4.69) is 50.7 Å². The molecular weight excluding hydrogens is 621 g/mol. The number of rotatable bonds is 4. The molecule has 0 amide bonds. The van der Waals surface area contributed by atoms with E-state index in [4.69, 9.17) is 9.47 Å². The third kappa shape index (κ3) is 5.09. The van der Waals surface area contributed by atoms with Crippen LogP contribution in [0.15, 0.2) is 64.6 Å². The van der Waals surface area contributed by atoms with Crippen LogP contribution in [-0.4, -0.2) is 52.0 Å². The van der Waals surface area contributed by atoms with Gasteiger partial charge in [-0.15, -0.1) is 12.6 Å². The van der Waals surface area contributed by atoms with Crippen LogP contribution < -0.4 is 0 Å². The van der Waals surface area contributed by atoms with Crippen molar-refractivity contribution in [2.75, 3.05) is 13.2 Å². The van der Waals surface area contributed by atoms with Crippen LogP contribution >= 0.6 is 12.6 Å². The molecule has 4 nitrogen and oxygen atoms in total. The van der Waals surface area contributed by atoms with Crippen molar-refractivity contribution in [1.29, 1.82) is 0 Å². The average molecular weight is 671 g/mol. The molecule has 1 spiro atoms. The van der Waals surface area contributed by atoms with E-state index in [9.17, 15) is 19.0 Å². The monoisotopic (exact) mass is 670 g/mol. The molecule has 1 heterocycles. The zero-order chi connectivity index (χ0) is 33.8. The lowest BCUT2D eigenvalue weighted by molar-refractivity contribution is -0.322. The maximum Gasteiger partial charge on any atom is 0.281 e. The van der Waals surface area contributed by atoms with Crippen molar-refractivity contribution in [1.82, 2.24) is 0 Å². The Labute approximate surface area is 282 Å². The molecule has 1 saturated heterocycles. The third-order valence-electron chi connectivity index (χ3n) is 13.1. The van der Waals surface area contributed by atoms with Gasteiger partial charge in [0, 0.05) is 41.4 Å². The number of fused-ring (bicyclic) bond motifs is 4. The van der Waals surface area contributed by atoms with Gasteiger partial charge in [0.25, 0.3) is 5.92 Å². The molecule has 5 aliphatic rings. The fourth-order valence-corrected chi connectivity index (χ4v) is 10.4. The van der Waals surface area contributed by atoms with Crippen molar-refractivity contribution < 1.29 is 32.9 Å². The van der Waals surface area contributed by atoms with Gasteiger partial charge in [-0.1, -0.05) is 62.7 Å². The number of allylic oxidation sites excluding steroid dienone is 1. The first-order chi connectivity index (χ1) is 21.8. The van der Waals surface area contributed by atoms with Crippen LogP contribution in [0, 0.1) is 22.7 Å². The van der Waals surface area contributed by atoms with E-state index in [-0.39, 0.29) is 29.6 Å². The number of thiol groups is 1. The molecule has 2 aromatic rings. The lowest BCUT2D eigenvalue weighted by atomic mass is 9.48. The summed E-state index contributed by atoms with van der Waals surface area (Å²) in [5.41, 5.74) is -2.41. The Hall–Kier alpha value is -1.84. The number of alkyl halides is 3. The normalized spacial score (nSPS) is 37.6. The summed E-state index contributed by atoms with van der Waals surface area (Å²) in [4.78, 5) is 0.878. The topological polar surface area (TPSA) is 58.9 Å². The summed E-state index contributed by atoms with van der Waals surface area (Å²) >= 11 is 4.41. The first kappa shape index (κ1) is 33.6. The number of ether oxygens (including phenoxy) is 2. The second kappa shape index (κ2) is 10.8. The highest BCUT2D eigenvalue weighted by molar-refractivity contribution is 7.80. The molecule has 256 valence electrons. The zero-order valence-corrected chi connectivity index (χ0v) is 29.1. The Morgan fingerprint density at radius 3 is 2.02 bits per heavy atom. The van der Waals surface area contributed by atoms with Gasteiger partial charge in [-0.2, -0.15) is 0 Å². The van der Waals surface area contributed by atoms with Crippen LogP contribution in [-0.2, 0) is 9.47 Å². The maximum absolute atomic E-state index is 16.4. The molecular formula is C39H49F3O4S. The minimum Gasteiger partial charge on any atom is -0.386 e. The predicted octanol–water partition coefficient (Wildman–Crippen LogP) is 9.05. The minimum atomic E-state index is -3.73. The van der Waals surface area contributed by atoms with Crippen molar-refractivity contribution in [3.63, 3.8) is 0 Å². The minimum absolute atomic E-state index is 0.0264. The van der Waals surface area contributed by atoms with Gasteiger partial charge < -0.3 is 19.7 Å². The van der Waals surface area contributed by atoms with Crippen LogP contribution in [0.2, 0.25) is 0 Å². The largest absolute Gasteiger partial charge is 0.386 e. The highest BCUT2D eigenvalue weighted by atomic mass is 32.1. The van der Waals surface area contributed by atoms with Crippen LogP contribution in [0.1, 0.15) is 97.5 Å². The number of aliphatic hydroxyl groups is 2. The van der Waals surface area contributed by atoms with Gasteiger partial charge >= 0.3 is 0 Å². The molecule has 4 fully saturated rings. The Kier molecular flexibility index (Phi) is 7.75. The van der Waals surface area contributed by atoms with Crippen LogP contribution in [0.4, 0.5) is 13.2 Å². The fourth-order valence-electron chi connectivity index (χ4n) is 10.3. The summed E-state index contributed by atoms with van der Waals surface area (Å²) in [7, 11) is 0. The second-order valence-electron chi connectivity index (χ2n) is 16.7. The van der Waals surface area contributed by atoms with Gasteiger partial charge in [-0.3, -0.25) is 0 Å². The van der Waals surface area contributed by atoms with Gasteiger partial charge in [0.2, 0.25) is 0 Å². The molecule has 8 heteroatoms. The molecule has 0 bridgehead atoms. The summed E-state index contributed by atoms with van der Waals surface area (Å²) in [5, 5.41) is 24.7. The molecule has 0 radical (unpaired) electrons. The number of benzene rings is 2. The van der Waals surface area contributed by atoms with Crippen molar-refractivity contribution in [3.8, 4) is 11.1 Å². The Morgan fingerprint density at radius 2 is 1.43 bits per heavy atom. The van der Waals surface area contributed by atoms with E-state index in [1.54, 1.807) is 0 Å². The molecule has 4 aliphatic carbocycles. The number of hydrogen-bond donors (Lipinski definition) is 3. The summed E-state index contributed by atoms with van der Waals surface area (Å²) in [6.45, 7) is 8.67.